The molecule has 0 heterocycles. The number of carbonyl (C=O) groups excluding carboxylic acids is 2. The number of fused-ring (bicyclic) bond motifs is 4. The predicted molar refractivity (Wildman–Crippen MR) is 184 cm³/mol. The standard InChI is InChI=1S/C39H46N2O6/c1-6-44-36(45-7-2)24-41(23-27-20-21-28-14-8-9-15-29(28)22-27)37(42)35(26-47-39(3,4)5)40-38(43)46-25-34-32-18-12-10-16-30(32)31-17-11-13-19-33(31)34/h8-22,34-36H,6-7,23-26H2,1-5H3,(H,40,43). The van der Waals surface area contributed by atoms with E-state index in [1.807, 2.05) is 89.2 Å². The Hall–Kier alpha value is -4.24. The Morgan fingerprint density at radius 3 is 2.02 bits per heavy atom. The zero-order chi connectivity index (χ0) is 33.4. The minimum Gasteiger partial charge on any atom is -0.449 e. The summed E-state index contributed by atoms with van der Waals surface area (Å²) < 4.78 is 23.6. The molecule has 0 aromatic heterocycles. The summed E-state index contributed by atoms with van der Waals surface area (Å²) in [6.45, 7) is 10.9. The largest absolute Gasteiger partial charge is 0.449 e. The first-order valence-electron chi connectivity index (χ1n) is 16.4. The molecule has 1 atom stereocenters. The van der Waals surface area contributed by atoms with Crippen molar-refractivity contribution in [2.45, 2.75) is 65.0 Å². The highest BCUT2D eigenvalue weighted by Gasteiger charge is 2.32. The maximum Gasteiger partial charge on any atom is 0.407 e. The quantitative estimate of drug-likeness (QED) is 0.146. The molecule has 0 aliphatic heterocycles. The Kier molecular flexibility index (Phi) is 11.3. The fraction of sp³-hybridized carbons (Fsp3) is 0.385. The van der Waals surface area contributed by atoms with Gasteiger partial charge in [0.05, 0.1) is 18.8 Å². The second-order valence-corrected chi connectivity index (χ2v) is 12.7. The lowest BCUT2D eigenvalue weighted by atomic mass is 9.98. The highest BCUT2D eigenvalue weighted by Crippen LogP contribution is 2.44. The van der Waals surface area contributed by atoms with Crippen molar-refractivity contribution in [3.8, 4) is 11.1 Å². The zero-order valence-electron chi connectivity index (χ0n) is 28.0. The molecule has 0 fully saturated rings. The molecule has 4 aromatic rings. The van der Waals surface area contributed by atoms with Crippen molar-refractivity contribution < 1.29 is 28.5 Å². The first-order chi connectivity index (χ1) is 22.7. The van der Waals surface area contributed by atoms with Gasteiger partial charge in [-0.05, 0) is 79.3 Å². The monoisotopic (exact) mass is 638 g/mol. The van der Waals surface area contributed by atoms with Crippen LogP contribution in [-0.2, 0) is 30.3 Å². The van der Waals surface area contributed by atoms with Crippen LogP contribution < -0.4 is 5.32 Å². The Labute approximate surface area is 278 Å². The van der Waals surface area contributed by atoms with Gasteiger partial charge in [0.25, 0.3) is 0 Å². The van der Waals surface area contributed by atoms with Crippen LogP contribution in [0.15, 0.2) is 91.0 Å². The topological polar surface area (TPSA) is 86.3 Å². The first kappa shape index (κ1) is 34.1. The average molecular weight is 639 g/mol. The third kappa shape index (κ3) is 8.77. The number of amides is 2. The molecule has 0 spiro atoms. The second-order valence-electron chi connectivity index (χ2n) is 12.7. The van der Waals surface area contributed by atoms with Crippen LogP contribution in [0.4, 0.5) is 4.79 Å². The van der Waals surface area contributed by atoms with Gasteiger partial charge in [0, 0.05) is 25.7 Å². The average Bonchev–Trinajstić information content (AvgIpc) is 3.38. The number of hydrogen-bond acceptors (Lipinski definition) is 6. The van der Waals surface area contributed by atoms with E-state index < -0.39 is 24.0 Å². The summed E-state index contributed by atoms with van der Waals surface area (Å²) in [5.74, 6) is -0.420. The summed E-state index contributed by atoms with van der Waals surface area (Å²) in [5.41, 5.74) is 4.93. The molecule has 1 aliphatic carbocycles. The number of rotatable bonds is 14. The lowest BCUT2D eigenvalue weighted by Gasteiger charge is -2.32. The van der Waals surface area contributed by atoms with E-state index in [2.05, 4.69) is 41.7 Å². The van der Waals surface area contributed by atoms with Gasteiger partial charge in [0.15, 0.2) is 6.29 Å². The third-order valence-electron chi connectivity index (χ3n) is 8.19. The molecule has 8 nitrogen and oxygen atoms in total. The highest BCUT2D eigenvalue weighted by molar-refractivity contribution is 5.87. The summed E-state index contributed by atoms with van der Waals surface area (Å²) >= 11 is 0. The molecule has 1 unspecified atom stereocenters. The van der Waals surface area contributed by atoms with Crippen molar-refractivity contribution in [2.75, 3.05) is 33.0 Å². The van der Waals surface area contributed by atoms with Gasteiger partial charge in [-0.3, -0.25) is 4.79 Å². The summed E-state index contributed by atoms with van der Waals surface area (Å²) in [7, 11) is 0. The normalized spacial score (nSPS) is 13.3. The van der Waals surface area contributed by atoms with Crippen molar-refractivity contribution in [3.63, 3.8) is 0 Å². The molecule has 0 bridgehead atoms. The Morgan fingerprint density at radius 2 is 1.40 bits per heavy atom. The Morgan fingerprint density at radius 1 is 0.809 bits per heavy atom. The van der Waals surface area contributed by atoms with Crippen LogP contribution in [0.3, 0.4) is 0 Å². The molecule has 4 aromatic carbocycles. The van der Waals surface area contributed by atoms with Gasteiger partial charge in [-0.15, -0.1) is 0 Å². The smallest absolute Gasteiger partial charge is 0.407 e. The molecule has 2 amide bonds. The van der Waals surface area contributed by atoms with Crippen LogP contribution in [0.5, 0.6) is 0 Å². The van der Waals surface area contributed by atoms with Gasteiger partial charge in [0.1, 0.15) is 12.6 Å². The lowest BCUT2D eigenvalue weighted by Crippen LogP contribution is -2.53. The van der Waals surface area contributed by atoms with Crippen LogP contribution in [0.25, 0.3) is 21.9 Å². The Balaban J connectivity index is 1.36. The second kappa shape index (κ2) is 15.6. The molecular formula is C39H46N2O6. The molecule has 0 saturated heterocycles. The summed E-state index contributed by atoms with van der Waals surface area (Å²) in [5, 5.41) is 5.03. The van der Waals surface area contributed by atoms with Gasteiger partial charge in [-0.1, -0.05) is 84.9 Å². The third-order valence-corrected chi connectivity index (χ3v) is 8.19. The molecule has 1 N–H and O–H groups in total. The highest BCUT2D eigenvalue weighted by atomic mass is 16.7. The first-order valence-corrected chi connectivity index (χ1v) is 16.4. The SMILES string of the molecule is CCOC(CN(Cc1ccc2ccccc2c1)C(=O)C(COC(C)(C)C)NC(=O)OCC1c2ccccc2-c2ccccc21)OCC. The van der Waals surface area contributed by atoms with Crippen molar-refractivity contribution in [1.29, 1.82) is 0 Å². The van der Waals surface area contributed by atoms with Gasteiger partial charge >= 0.3 is 6.09 Å². The van der Waals surface area contributed by atoms with E-state index in [4.69, 9.17) is 18.9 Å². The number of hydrogen-bond donors (Lipinski definition) is 1. The van der Waals surface area contributed by atoms with Crippen LogP contribution >= 0.6 is 0 Å². The fourth-order valence-corrected chi connectivity index (χ4v) is 6.01. The number of alkyl carbamates (subject to hydrolysis) is 1. The van der Waals surface area contributed by atoms with Crippen molar-refractivity contribution in [3.05, 3.63) is 108 Å². The van der Waals surface area contributed by atoms with Gasteiger partial charge in [0.2, 0.25) is 5.91 Å². The van der Waals surface area contributed by atoms with Crippen molar-refractivity contribution in [1.82, 2.24) is 10.2 Å². The van der Waals surface area contributed by atoms with Crippen LogP contribution in [0.2, 0.25) is 0 Å². The van der Waals surface area contributed by atoms with Crippen molar-refractivity contribution in [2.24, 2.45) is 0 Å². The zero-order valence-corrected chi connectivity index (χ0v) is 28.0. The molecule has 248 valence electrons. The number of nitrogens with zero attached hydrogens (tertiary/aromatic N) is 1. The Bertz CT molecular complexity index is 1610. The minimum absolute atomic E-state index is 0.0331. The van der Waals surface area contributed by atoms with E-state index in [-0.39, 0.29) is 31.6 Å². The number of nitrogens with one attached hydrogen (secondary N) is 1. The van der Waals surface area contributed by atoms with Gasteiger partial charge < -0.3 is 29.2 Å². The number of benzene rings is 4. The van der Waals surface area contributed by atoms with E-state index in [1.54, 1.807) is 4.90 Å². The van der Waals surface area contributed by atoms with E-state index in [1.165, 1.54) is 0 Å². The molecule has 47 heavy (non-hydrogen) atoms. The maximum absolute atomic E-state index is 14.4. The van der Waals surface area contributed by atoms with E-state index in [9.17, 15) is 9.59 Å². The van der Waals surface area contributed by atoms with Crippen LogP contribution in [-0.4, -0.2) is 67.8 Å². The van der Waals surface area contributed by atoms with E-state index >= 15 is 0 Å². The molecule has 1 aliphatic rings. The van der Waals surface area contributed by atoms with Gasteiger partial charge in [-0.2, -0.15) is 0 Å². The summed E-state index contributed by atoms with van der Waals surface area (Å²) in [6, 6.07) is 29.6. The molecule has 5 rings (SSSR count). The van der Waals surface area contributed by atoms with Crippen molar-refractivity contribution >= 4 is 22.8 Å². The van der Waals surface area contributed by atoms with Crippen LogP contribution in [0.1, 0.15) is 57.2 Å². The maximum atomic E-state index is 14.4. The summed E-state index contributed by atoms with van der Waals surface area (Å²) in [4.78, 5) is 29.4. The summed E-state index contributed by atoms with van der Waals surface area (Å²) in [6.07, 6.45) is -1.31. The molecular weight excluding hydrogens is 592 g/mol. The predicted octanol–water partition coefficient (Wildman–Crippen LogP) is 7.29. The molecule has 0 saturated carbocycles. The molecule has 0 radical (unpaired) electrons. The lowest BCUT2D eigenvalue weighted by molar-refractivity contribution is -0.162. The van der Waals surface area contributed by atoms with Gasteiger partial charge in [-0.25, -0.2) is 4.79 Å². The van der Waals surface area contributed by atoms with E-state index in [0.717, 1.165) is 38.6 Å². The minimum atomic E-state index is -1.01. The number of ether oxygens (including phenoxy) is 4. The number of carbonyl (C=O) groups is 2. The molecule has 8 heteroatoms. The van der Waals surface area contributed by atoms with Crippen LogP contribution in [0, 0.1) is 0 Å². The van der Waals surface area contributed by atoms with E-state index in [0.29, 0.717) is 19.8 Å². The fourth-order valence-electron chi connectivity index (χ4n) is 6.01.